The van der Waals surface area contributed by atoms with E-state index in [4.69, 9.17) is 0 Å². The van der Waals surface area contributed by atoms with Crippen molar-refractivity contribution in [2.75, 3.05) is 0 Å². The van der Waals surface area contributed by atoms with E-state index in [1.807, 2.05) is 47.0 Å². The zero-order valence-corrected chi connectivity index (χ0v) is 16.6. The second-order valence-corrected chi connectivity index (χ2v) is 7.61. The Morgan fingerprint density at radius 1 is 1.32 bits per heavy atom. The van der Waals surface area contributed by atoms with E-state index in [0.717, 1.165) is 34.6 Å². The molecule has 4 aromatic heterocycles. The Labute approximate surface area is 165 Å². The lowest BCUT2D eigenvalue weighted by molar-refractivity contribution is -0.122. The van der Waals surface area contributed by atoms with E-state index in [0.29, 0.717) is 5.52 Å². The van der Waals surface area contributed by atoms with E-state index in [-0.39, 0.29) is 24.1 Å². The molecular weight excluding hydrogens is 374 g/mol. The number of nitrogens with one attached hydrogen (secondary N) is 1. The molecule has 28 heavy (non-hydrogen) atoms. The first-order chi connectivity index (χ1) is 13.6. The van der Waals surface area contributed by atoms with E-state index in [1.165, 1.54) is 4.68 Å². The Morgan fingerprint density at radius 3 is 2.93 bits per heavy atom. The summed E-state index contributed by atoms with van der Waals surface area (Å²) < 4.78 is 3.20. The highest BCUT2D eigenvalue weighted by atomic mass is 32.1. The van der Waals surface area contributed by atoms with Crippen LogP contribution in [0.15, 0.2) is 46.7 Å². The fraction of sp³-hybridized carbons (Fsp3) is 0.300. The van der Waals surface area contributed by atoms with Gasteiger partial charge in [0.05, 0.1) is 11.7 Å². The van der Waals surface area contributed by atoms with Gasteiger partial charge in [-0.3, -0.25) is 19.0 Å². The SMILES string of the molecule is CCCc1nn(CC(=O)N[C@H](C)c2ccccn2)c(=O)c2cc3ccsc3n12. The molecule has 7 nitrogen and oxygen atoms in total. The zero-order chi connectivity index (χ0) is 19.7. The molecule has 1 atom stereocenters. The predicted molar refractivity (Wildman–Crippen MR) is 110 cm³/mol. The quantitative estimate of drug-likeness (QED) is 0.544. The van der Waals surface area contributed by atoms with Crippen molar-refractivity contribution in [3.05, 3.63) is 63.8 Å². The van der Waals surface area contributed by atoms with Crippen LogP contribution in [0.4, 0.5) is 0 Å². The molecule has 0 aliphatic rings. The molecule has 1 N–H and O–H groups in total. The fourth-order valence-electron chi connectivity index (χ4n) is 3.32. The van der Waals surface area contributed by atoms with Crippen LogP contribution in [0.25, 0.3) is 15.7 Å². The number of carbonyl (C=O) groups is 1. The molecule has 0 bridgehead atoms. The molecule has 0 radical (unpaired) electrons. The van der Waals surface area contributed by atoms with Crippen LogP contribution in [0.1, 0.15) is 37.8 Å². The number of amides is 1. The summed E-state index contributed by atoms with van der Waals surface area (Å²) >= 11 is 1.59. The second kappa shape index (κ2) is 7.55. The number of pyridine rings is 1. The van der Waals surface area contributed by atoms with Gasteiger partial charge >= 0.3 is 0 Å². The summed E-state index contributed by atoms with van der Waals surface area (Å²) in [6.07, 6.45) is 3.31. The number of nitrogens with zero attached hydrogens (tertiary/aromatic N) is 4. The highest BCUT2D eigenvalue weighted by molar-refractivity contribution is 7.16. The summed E-state index contributed by atoms with van der Waals surface area (Å²) in [4.78, 5) is 30.7. The van der Waals surface area contributed by atoms with Crippen LogP contribution >= 0.6 is 11.3 Å². The molecular formula is C20H21N5O2S. The van der Waals surface area contributed by atoms with E-state index >= 15 is 0 Å². The lowest BCUT2D eigenvalue weighted by Gasteiger charge is -2.14. The van der Waals surface area contributed by atoms with Crippen molar-refractivity contribution in [3.8, 4) is 0 Å². The van der Waals surface area contributed by atoms with Crippen LogP contribution in [0.3, 0.4) is 0 Å². The maximum Gasteiger partial charge on any atom is 0.291 e. The molecule has 144 valence electrons. The van der Waals surface area contributed by atoms with Crippen molar-refractivity contribution in [1.82, 2.24) is 24.5 Å². The van der Waals surface area contributed by atoms with Gasteiger partial charge < -0.3 is 5.32 Å². The average Bonchev–Trinajstić information content (AvgIpc) is 3.27. The van der Waals surface area contributed by atoms with Gasteiger partial charge in [-0.1, -0.05) is 13.0 Å². The van der Waals surface area contributed by atoms with E-state index < -0.39 is 0 Å². The monoisotopic (exact) mass is 395 g/mol. The Kier molecular flexibility index (Phi) is 4.95. The molecule has 4 aromatic rings. The van der Waals surface area contributed by atoms with Crippen LogP contribution in [0, 0.1) is 0 Å². The summed E-state index contributed by atoms with van der Waals surface area (Å²) in [5.74, 6) is 0.521. The smallest absolute Gasteiger partial charge is 0.291 e. The third-order valence-corrected chi connectivity index (χ3v) is 5.55. The number of fused-ring (bicyclic) bond motifs is 3. The van der Waals surface area contributed by atoms with Crippen molar-refractivity contribution in [3.63, 3.8) is 0 Å². The number of aryl methyl sites for hydroxylation is 1. The first-order valence-corrected chi connectivity index (χ1v) is 10.2. The summed E-state index contributed by atoms with van der Waals surface area (Å²) in [6.45, 7) is 3.81. The summed E-state index contributed by atoms with van der Waals surface area (Å²) in [5.41, 5.74) is 1.07. The van der Waals surface area contributed by atoms with Crippen LogP contribution in [0.5, 0.6) is 0 Å². The molecule has 8 heteroatoms. The number of carbonyl (C=O) groups excluding carboxylic acids is 1. The number of aromatic nitrogens is 4. The predicted octanol–water partition coefficient (Wildman–Crippen LogP) is 2.94. The van der Waals surface area contributed by atoms with E-state index in [1.54, 1.807) is 17.5 Å². The van der Waals surface area contributed by atoms with E-state index in [2.05, 4.69) is 22.3 Å². The van der Waals surface area contributed by atoms with Gasteiger partial charge in [0.25, 0.3) is 5.56 Å². The van der Waals surface area contributed by atoms with Gasteiger partial charge in [0.15, 0.2) is 0 Å². The highest BCUT2D eigenvalue weighted by Gasteiger charge is 2.17. The second-order valence-electron chi connectivity index (χ2n) is 6.72. The normalized spacial score (nSPS) is 12.5. The largest absolute Gasteiger partial charge is 0.346 e. The molecule has 0 aliphatic carbocycles. The highest BCUT2D eigenvalue weighted by Crippen LogP contribution is 2.25. The Balaban J connectivity index is 1.65. The number of hydrogen-bond acceptors (Lipinski definition) is 5. The van der Waals surface area contributed by atoms with Crippen molar-refractivity contribution in [2.45, 2.75) is 39.3 Å². The molecule has 0 spiro atoms. The van der Waals surface area contributed by atoms with Gasteiger partial charge in [-0.05, 0) is 43.0 Å². The molecule has 0 aliphatic heterocycles. The molecule has 0 unspecified atom stereocenters. The molecule has 1 amide bonds. The summed E-state index contributed by atoms with van der Waals surface area (Å²) in [7, 11) is 0. The maximum atomic E-state index is 12.9. The van der Waals surface area contributed by atoms with Crippen LogP contribution in [-0.2, 0) is 17.8 Å². The van der Waals surface area contributed by atoms with Crippen LogP contribution < -0.4 is 10.9 Å². The average molecular weight is 395 g/mol. The third-order valence-electron chi connectivity index (χ3n) is 4.63. The summed E-state index contributed by atoms with van der Waals surface area (Å²) in [6, 6.07) is 9.18. The Hall–Kier alpha value is -3.00. The number of thiophene rings is 1. The maximum absolute atomic E-state index is 12.9. The Bertz CT molecular complexity index is 1190. The minimum Gasteiger partial charge on any atom is -0.346 e. The van der Waals surface area contributed by atoms with Gasteiger partial charge in [-0.2, -0.15) is 5.10 Å². The molecule has 4 rings (SSSR count). The van der Waals surface area contributed by atoms with Gasteiger partial charge in [0, 0.05) is 18.0 Å². The third kappa shape index (κ3) is 3.31. The minimum atomic E-state index is -0.270. The topological polar surface area (TPSA) is 81.3 Å². The van der Waals surface area contributed by atoms with Gasteiger partial charge in [0.1, 0.15) is 22.7 Å². The van der Waals surface area contributed by atoms with Gasteiger partial charge in [-0.25, -0.2) is 4.68 Å². The minimum absolute atomic E-state index is 0.123. The summed E-state index contributed by atoms with van der Waals surface area (Å²) in [5, 5.41) is 10.4. The van der Waals surface area contributed by atoms with Gasteiger partial charge in [0.2, 0.25) is 5.91 Å². The number of rotatable bonds is 6. The molecule has 0 saturated heterocycles. The lowest BCUT2D eigenvalue weighted by atomic mass is 10.2. The number of hydrogen-bond donors (Lipinski definition) is 1. The van der Waals surface area contributed by atoms with E-state index in [9.17, 15) is 9.59 Å². The van der Waals surface area contributed by atoms with Crippen molar-refractivity contribution in [1.29, 1.82) is 0 Å². The fourth-order valence-corrected chi connectivity index (χ4v) is 4.24. The first kappa shape index (κ1) is 18.4. The van der Waals surface area contributed by atoms with Crippen molar-refractivity contribution >= 4 is 33.0 Å². The van der Waals surface area contributed by atoms with Crippen LogP contribution in [0.2, 0.25) is 0 Å². The lowest BCUT2D eigenvalue weighted by Crippen LogP contribution is -2.36. The molecule has 0 fully saturated rings. The van der Waals surface area contributed by atoms with Crippen molar-refractivity contribution in [2.24, 2.45) is 0 Å². The van der Waals surface area contributed by atoms with Crippen molar-refractivity contribution < 1.29 is 4.79 Å². The Morgan fingerprint density at radius 2 is 2.18 bits per heavy atom. The molecule has 0 aromatic carbocycles. The first-order valence-electron chi connectivity index (χ1n) is 9.27. The molecule has 4 heterocycles. The zero-order valence-electron chi connectivity index (χ0n) is 15.8. The standard InChI is InChI=1S/C20H21N5O2S/c1-3-6-17-23-24(12-18(26)22-13(2)15-7-4-5-9-21-15)19(27)16-11-14-8-10-28-20(14)25(16)17/h4-5,7-11,13H,3,6,12H2,1-2H3,(H,22,26)/t13-/m1/s1. The molecule has 0 saturated carbocycles. The van der Waals surface area contributed by atoms with Gasteiger partial charge in [-0.15, -0.1) is 11.3 Å². The van der Waals surface area contributed by atoms with Crippen LogP contribution in [-0.4, -0.2) is 25.1 Å².